The topological polar surface area (TPSA) is 54.4 Å². The van der Waals surface area contributed by atoms with Crippen molar-refractivity contribution in [2.45, 2.75) is 47.0 Å². The molecule has 0 saturated heterocycles. The third-order valence-electron chi connectivity index (χ3n) is 3.81. The highest BCUT2D eigenvalue weighted by Gasteiger charge is 2.25. The fourth-order valence-electron chi connectivity index (χ4n) is 2.16. The highest BCUT2D eigenvalue weighted by molar-refractivity contribution is 5.81. The Bertz CT molecular complexity index is 296. The van der Waals surface area contributed by atoms with E-state index >= 15 is 0 Å². The molecule has 0 rings (SSSR count). The van der Waals surface area contributed by atoms with E-state index in [4.69, 9.17) is 5.11 Å². The molecule has 0 amide bonds. The number of carbonyl (C=O) groups is 2. The minimum Gasteiger partial charge on any atom is -0.481 e. The second-order valence-electron chi connectivity index (χ2n) is 5.52. The first-order chi connectivity index (χ1) is 8.29. The van der Waals surface area contributed by atoms with Crippen molar-refractivity contribution in [2.75, 3.05) is 0 Å². The molecule has 3 nitrogen and oxygen atoms in total. The number of aliphatic carboxylic acids is 1. The minimum absolute atomic E-state index is 0.0174. The normalized spacial score (nSPS) is 17.6. The van der Waals surface area contributed by atoms with Gasteiger partial charge in [0.1, 0.15) is 5.78 Å². The molecule has 0 unspecified atom stereocenters. The molecule has 0 aliphatic carbocycles. The fraction of sp³-hybridized carbons (Fsp3) is 0.733. The van der Waals surface area contributed by atoms with Crippen LogP contribution in [0.1, 0.15) is 47.0 Å². The van der Waals surface area contributed by atoms with Crippen molar-refractivity contribution < 1.29 is 14.7 Å². The summed E-state index contributed by atoms with van der Waals surface area (Å²) in [6.45, 7) is 11.7. The molecule has 3 heteroatoms. The number of carboxylic acid groups (broad SMARTS) is 1. The monoisotopic (exact) mass is 254 g/mol. The molecule has 0 radical (unpaired) electrons. The Balaban J connectivity index is 4.32. The van der Waals surface area contributed by atoms with Gasteiger partial charge in [-0.1, -0.05) is 33.8 Å². The minimum atomic E-state index is -0.837. The van der Waals surface area contributed by atoms with Gasteiger partial charge in [-0.3, -0.25) is 9.59 Å². The van der Waals surface area contributed by atoms with Gasteiger partial charge in [0, 0.05) is 18.8 Å². The molecule has 0 spiro atoms. The van der Waals surface area contributed by atoms with Crippen LogP contribution in [0.5, 0.6) is 0 Å². The smallest absolute Gasteiger partial charge is 0.303 e. The van der Waals surface area contributed by atoms with Crippen LogP contribution in [0, 0.1) is 23.7 Å². The van der Waals surface area contributed by atoms with Crippen molar-refractivity contribution in [3.05, 3.63) is 12.7 Å². The Kier molecular flexibility index (Phi) is 7.56. The van der Waals surface area contributed by atoms with Crippen LogP contribution in [0.25, 0.3) is 0 Å². The zero-order valence-corrected chi connectivity index (χ0v) is 12.0. The van der Waals surface area contributed by atoms with Crippen LogP contribution < -0.4 is 0 Å². The molecule has 0 aliphatic heterocycles. The van der Waals surface area contributed by atoms with Gasteiger partial charge in [-0.25, -0.2) is 0 Å². The van der Waals surface area contributed by atoms with Crippen LogP contribution in [-0.2, 0) is 9.59 Å². The van der Waals surface area contributed by atoms with Crippen molar-refractivity contribution >= 4 is 11.8 Å². The third-order valence-corrected chi connectivity index (χ3v) is 3.81. The molecule has 0 bridgehead atoms. The SMILES string of the molecule is C=CC[C@H](C)[C@H](C)[C@@H](C)C(=O)C[C@@H](C)CC(=O)O. The average Bonchev–Trinajstić information content (AvgIpc) is 2.25. The largest absolute Gasteiger partial charge is 0.481 e. The Morgan fingerprint density at radius 2 is 1.72 bits per heavy atom. The van der Waals surface area contributed by atoms with Crippen LogP contribution in [0.2, 0.25) is 0 Å². The number of allylic oxidation sites excluding steroid dienone is 1. The molecule has 18 heavy (non-hydrogen) atoms. The molecule has 0 fully saturated rings. The van der Waals surface area contributed by atoms with E-state index in [0.29, 0.717) is 18.3 Å². The molecule has 0 aromatic rings. The van der Waals surface area contributed by atoms with Gasteiger partial charge in [0.05, 0.1) is 0 Å². The summed E-state index contributed by atoms with van der Waals surface area (Å²) in [4.78, 5) is 22.6. The van der Waals surface area contributed by atoms with Crippen LogP contribution in [0.4, 0.5) is 0 Å². The van der Waals surface area contributed by atoms with Crippen LogP contribution in [-0.4, -0.2) is 16.9 Å². The van der Waals surface area contributed by atoms with E-state index in [9.17, 15) is 9.59 Å². The van der Waals surface area contributed by atoms with Gasteiger partial charge in [-0.15, -0.1) is 6.58 Å². The quantitative estimate of drug-likeness (QED) is 0.640. The first-order valence-corrected chi connectivity index (χ1v) is 6.64. The first-order valence-electron chi connectivity index (χ1n) is 6.64. The average molecular weight is 254 g/mol. The van der Waals surface area contributed by atoms with Crippen molar-refractivity contribution in [1.29, 1.82) is 0 Å². The van der Waals surface area contributed by atoms with E-state index in [2.05, 4.69) is 20.4 Å². The van der Waals surface area contributed by atoms with E-state index in [-0.39, 0.29) is 24.0 Å². The van der Waals surface area contributed by atoms with Crippen molar-refractivity contribution in [3.63, 3.8) is 0 Å². The molecule has 0 aliphatic rings. The zero-order chi connectivity index (χ0) is 14.3. The number of ketones is 1. The fourth-order valence-corrected chi connectivity index (χ4v) is 2.16. The highest BCUT2D eigenvalue weighted by atomic mass is 16.4. The van der Waals surface area contributed by atoms with E-state index in [1.807, 2.05) is 19.9 Å². The number of hydrogen-bond acceptors (Lipinski definition) is 2. The number of hydrogen-bond donors (Lipinski definition) is 1. The number of Topliss-reactive ketones (excluding diaryl/α,β-unsaturated/α-hetero) is 1. The summed E-state index contributed by atoms with van der Waals surface area (Å²) < 4.78 is 0. The predicted molar refractivity (Wildman–Crippen MR) is 73.3 cm³/mol. The maximum absolute atomic E-state index is 12.1. The Morgan fingerprint density at radius 3 is 2.17 bits per heavy atom. The summed E-state index contributed by atoms with van der Waals surface area (Å²) in [5.74, 6) is -0.0393. The molecular formula is C15H26O3. The van der Waals surface area contributed by atoms with Crippen molar-refractivity contribution in [1.82, 2.24) is 0 Å². The zero-order valence-electron chi connectivity index (χ0n) is 12.0. The van der Waals surface area contributed by atoms with Gasteiger partial charge in [0.25, 0.3) is 0 Å². The number of carboxylic acids is 1. The lowest BCUT2D eigenvalue weighted by Crippen LogP contribution is -2.25. The van der Waals surface area contributed by atoms with Gasteiger partial charge < -0.3 is 5.11 Å². The van der Waals surface area contributed by atoms with Gasteiger partial charge in [-0.05, 0) is 24.2 Å². The Hall–Kier alpha value is -1.12. The van der Waals surface area contributed by atoms with Crippen molar-refractivity contribution in [3.8, 4) is 0 Å². The molecule has 1 N–H and O–H groups in total. The van der Waals surface area contributed by atoms with E-state index < -0.39 is 5.97 Å². The molecular weight excluding hydrogens is 228 g/mol. The van der Waals surface area contributed by atoms with E-state index in [0.717, 1.165) is 6.42 Å². The highest BCUT2D eigenvalue weighted by Crippen LogP contribution is 2.26. The summed E-state index contributed by atoms with van der Waals surface area (Å²) >= 11 is 0. The molecule has 0 aromatic heterocycles. The van der Waals surface area contributed by atoms with Gasteiger partial charge in [0.15, 0.2) is 0 Å². The van der Waals surface area contributed by atoms with E-state index in [1.54, 1.807) is 0 Å². The molecule has 0 aromatic carbocycles. The summed E-state index contributed by atoms with van der Waals surface area (Å²) in [5.41, 5.74) is 0. The predicted octanol–water partition coefficient (Wildman–Crippen LogP) is 3.54. The van der Waals surface area contributed by atoms with Crippen molar-refractivity contribution in [2.24, 2.45) is 23.7 Å². The summed E-state index contributed by atoms with van der Waals surface area (Å²) in [6, 6.07) is 0. The third kappa shape index (κ3) is 5.99. The lowest BCUT2D eigenvalue weighted by Gasteiger charge is -2.25. The maximum atomic E-state index is 12.1. The Morgan fingerprint density at radius 1 is 1.17 bits per heavy atom. The van der Waals surface area contributed by atoms with Gasteiger partial charge in [0.2, 0.25) is 0 Å². The maximum Gasteiger partial charge on any atom is 0.303 e. The summed E-state index contributed by atoms with van der Waals surface area (Å²) in [7, 11) is 0. The second kappa shape index (κ2) is 8.06. The standard InChI is InChI=1S/C15H26O3/c1-6-7-11(3)12(4)13(5)14(16)8-10(2)9-15(17)18/h6,10-13H,1,7-9H2,2-5H3,(H,17,18)/t10-,11+,12+,13-/m1/s1. The molecule has 104 valence electrons. The number of rotatable bonds is 9. The Labute approximate surface area is 110 Å². The summed E-state index contributed by atoms with van der Waals surface area (Å²) in [6.07, 6.45) is 3.21. The van der Waals surface area contributed by atoms with Gasteiger partial charge >= 0.3 is 5.97 Å². The first kappa shape index (κ1) is 16.9. The second-order valence-corrected chi connectivity index (χ2v) is 5.52. The molecule has 0 heterocycles. The van der Waals surface area contributed by atoms with Crippen LogP contribution in [0.15, 0.2) is 12.7 Å². The van der Waals surface area contributed by atoms with Gasteiger partial charge in [-0.2, -0.15) is 0 Å². The van der Waals surface area contributed by atoms with E-state index in [1.165, 1.54) is 0 Å². The lowest BCUT2D eigenvalue weighted by atomic mass is 9.79. The number of carbonyl (C=O) groups excluding carboxylic acids is 1. The lowest BCUT2D eigenvalue weighted by molar-refractivity contribution is -0.138. The summed E-state index contributed by atoms with van der Waals surface area (Å²) in [5, 5.41) is 8.68. The molecule has 0 saturated carbocycles. The molecule has 4 atom stereocenters. The van der Waals surface area contributed by atoms with Crippen LogP contribution in [0.3, 0.4) is 0 Å². The van der Waals surface area contributed by atoms with Crippen LogP contribution >= 0.6 is 0 Å².